The van der Waals surface area contributed by atoms with E-state index >= 15 is 0 Å². The molecule has 0 radical (unpaired) electrons. The van der Waals surface area contributed by atoms with Crippen LogP contribution in [0.15, 0.2) is 24.3 Å². The highest BCUT2D eigenvalue weighted by molar-refractivity contribution is 5.85. The molecule has 2 unspecified atom stereocenters. The van der Waals surface area contributed by atoms with Crippen molar-refractivity contribution in [2.75, 3.05) is 0 Å². The van der Waals surface area contributed by atoms with Crippen molar-refractivity contribution in [3.63, 3.8) is 0 Å². The van der Waals surface area contributed by atoms with Gasteiger partial charge in [0.25, 0.3) is 0 Å². The van der Waals surface area contributed by atoms with Crippen LogP contribution in [-0.4, -0.2) is 10.9 Å². The Balaban J connectivity index is 0.000000902. The fourth-order valence-corrected chi connectivity index (χ4v) is 4.29. The van der Waals surface area contributed by atoms with E-state index in [1.165, 1.54) is 38.5 Å². The topological polar surface area (TPSA) is 3.24 Å². The van der Waals surface area contributed by atoms with Gasteiger partial charge in [-0.2, -0.15) is 0 Å². The molecule has 4 rings (SSSR count). The molecule has 2 heterocycles. The average molecular weight is 250 g/mol. The standard InChI is InChI=1S/C15H19N.ClH/c1-2-6-11(5-1)16-14-9-10-15(16)13-8-4-3-7-12(13)14;/h3-4,7-8,11,14-15H,1-2,5-6,9-10H2;1H. The molecule has 92 valence electrons. The van der Waals surface area contributed by atoms with Gasteiger partial charge in [-0.25, -0.2) is 0 Å². The summed E-state index contributed by atoms with van der Waals surface area (Å²) in [5, 5.41) is 0. The first-order chi connectivity index (χ1) is 7.95. The van der Waals surface area contributed by atoms with Crippen LogP contribution >= 0.6 is 12.4 Å². The van der Waals surface area contributed by atoms with Gasteiger partial charge in [0.2, 0.25) is 0 Å². The Morgan fingerprint density at radius 1 is 0.824 bits per heavy atom. The molecule has 3 aliphatic rings. The molecule has 0 spiro atoms. The van der Waals surface area contributed by atoms with E-state index in [1.807, 2.05) is 0 Å². The molecule has 2 heteroatoms. The summed E-state index contributed by atoms with van der Waals surface area (Å²) in [6.45, 7) is 0. The Kier molecular flexibility index (Phi) is 2.92. The molecule has 0 N–H and O–H groups in total. The highest BCUT2D eigenvalue weighted by atomic mass is 35.5. The van der Waals surface area contributed by atoms with Gasteiger partial charge in [0, 0.05) is 18.1 Å². The van der Waals surface area contributed by atoms with Gasteiger partial charge in [-0.3, -0.25) is 4.90 Å². The lowest BCUT2D eigenvalue weighted by Gasteiger charge is -2.29. The number of halogens is 1. The Morgan fingerprint density at radius 2 is 1.35 bits per heavy atom. The van der Waals surface area contributed by atoms with E-state index in [0.717, 1.165) is 18.1 Å². The second-order valence-electron chi connectivity index (χ2n) is 5.62. The second kappa shape index (κ2) is 4.29. The number of fused-ring (bicyclic) bond motifs is 5. The van der Waals surface area contributed by atoms with Crippen LogP contribution in [0.4, 0.5) is 0 Å². The molecule has 0 amide bonds. The minimum absolute atomic E-state index is 0. The first kappa shape index (κ1) is 11.6. The van der Waals surface area contributed by atoms with Gasteiger partial charge in [0.15, 0.2) is 0 Å². The Bertz CT molecular complexity index is 380. The summed E-state index contributed by atoms with van der Waals surface area (Å²) in [7, 11) is 0. The second-order valence-corrected chi connectivity index (χ2v) is 5.62. The average Bonchev–Trinajstić information content (AvgIpc) is 3.03. The highest BCUT2D eigenvalue weighted by Gasteiger charge is 2.46. The first-order valence-corrected chi connectivity index (χ1v) is 6.81. The van der Waals surface area contributed by atoms with Gasteiger partial charge in [-0.05, 0) is 36.8 Å². The molecule has 2 fully saturated rings. The molecule has 1 saturated carbocycles. The molecule has 1 nitrogen and oxygen atoms in total. The van der Waals surface area contributed by atoms with E-state index in [4.69, 9.17) is 0 Å². The van der Waals surface area contributed by atoms with Crippen molar-refractivity contribution in [2.45, 2.75) is 56.7 Å². The van der Waals surface area contributed by atoms with Crippen molar-refractivity contribution in [1.82, 2.24) is 4.90 Å². The monoisotopic (exact) mass is 249 g/mol. The summed E-state index contributed by atoms with van der Waals surface area (Å²) in [6, 6.07) is 11.6. The third-order valence-corrected chi connectivity index (χ3v) is 4.89. The predicted octanol–water partition coefficient (Wildman–Crippen LogP) is 4.24. The molecule has 17 heavy (non-hydrogen) atoms. The van der Waals surface area contributed by atoms with Crippen molar-refractivity contribution in [3.8, 4) is 0 Å². The molecule has 1 aromatic rings. The zero-order valence-corrected chi connectivity index (χ0v) is 11.0. The number of nitrogens with zero attached hydrogens (tertiary/aromatic N) is 1. The molecular formula is C15H20ClN. The summed E-state index contributed by atoms with van der Waals surface area (Å²) in [5.41, 5.74) is 3.29. The fourth-order valence-electron chi connectivity index (χ4n) is 4.29. The molecule has 2 atom stereocenters. The number of benzene rings is 1. The van der Waals surface area contributed by atoms with E-state index in [-0.39, 0.29) is 12.4 Å². The van der Waals surface area contributed by atoms with Crippen LogP contribution in [0.3, 0.4) is 0 Å². The molecule has 0 aromatic heterocycles. The Morgan fingerprint density at radius 3 is 1.88 bits per heavy atom. The smallest absolute Gasteiger partial charge is 0.0361 e. The lowest BCUT2D eigenvalue weighted by atomic mass is 9.92. The van der Waals surface area contributed by atoms with Crippen LogP contribution in [-0.2, 0) is 0 Å². The maximum Gasteiger partial charge on any atom is 0.0361 e. The van der Waals surface area contributed by atoms with Gasteiger partial charge < -0.3 is 0 Å². The van der Waals surface area contributed by atoms with Crippen LogP contribution < -0.4 is 0 Å². The highest BCUT2D eigenvalue weighted by Crippen LogP contribution is 2.55. The minimum Gasteiger partial charge on any atom is -0.286 e. The van der Waals surface area contributed by atoms with Crippen LogP contribution in [0.2, 0.25) is 0 Å². The Labute approximate surface area is 110 Å². The number of rotatable bonds is 1. The quantitative estimate of drug-likeness (QED) is 0.720. The van der Waals surface area contributed by atoms with E-state index in [2.05, 4.69) is 29.2 Å². The summed E-state index contributed by atoms with van der Waals surface area (Å²) in [6.07, 6.45) is 8.60. The fraction of sp³-hybridized carbons (Fsp3) is 0.600. The summed E-state index contributed by atoms with van der Waals surface area (Å²) >= 11 is 0. The lowest BCUT2D eigenvalue weighted by molar-refractivity contribution is 0.153. The van der Waals surface area contributed by atoms with Crippen molar-refractivity contribution >= 4 is 12.4 Å². The molecule has 1 aromatic carbocycles. The maximum atomic E-state index is 2.86. The zero-order valence-electron chi connectivity index (χ0n) is 10.1. The molecule has 2 aliphatic heterocycles. The van der Waals surface area contributed by atoms with Crippen molar-refractivity contribution in [3.05, 3.63) is 35.4 Å². The largest absolute Gasteiger partial charge is 0.286 e. The van der Waals surface area contributed by atoms with Gasteiger partial charge in [0.1, 0.15) is 0 Å². The zero-order chi connectivity index (χ0) is 10.5. The van der Waals surface area contributed by atoms with Crippen LogP contribution in [0.25, 0.3) is 0 Å². The van der Waals surface area contributed by atoms with Crippen LogP contribution in [0.1, 0.15) is 61.7 Å². The van der Waals surface area contributed by atoms with E-state index in [0.29, 0.717) is 0 Å². The summed E-state index contributed by atoms with van der Waals surface area (Å²) in [5.74, 6) is 0. The third-order valence-electron chi connectivity index (χ3n) is 4.89. The molecule has 1 saturated heterocycles. The number of hydrogen-bond donors (Lipinski definition) is 0. The van der Waals surface area contributed by atoms with E-state index in [9.17, 15) is 0 Å². The SMILES string of the molecule is Cl.c1ccc2c(c1)C1CCC2N1C1CCCC1. The first-order valence-electron chi connectivity index (χ1n) is 6.81. The summed E-state index contributed by atoms with van der Waals surface area (Å²) in [4.78, 5) is 2.86. The Hall–Kier alpha value is -0.530. The van der Waals surface area contributed by atoms with Gasteiger partial charge in [0.05, 0.1) is 0 Å². The normalized spacial score (nSPS) is 31.5. The van der Waals surface area contributed by atoms with Crippen LogP contribution in [0, 0.1) is 0 Å². The van der Waals surface area contributed by atoms with E-state index < -0.39 is 0 Å². The van der Waals surface area contributed by atoms with Crippen LogP contribution in [0.5, 0.6) is 0 Å². The lowest BCUT2D eigenvalue weighted by Crippen LogP contribution is -2.30. The van der Waals surface area contributed by atoms with Crippen molar-refractivity contribution < 1.29 is 0 Å². The molecule has 2 bridgehead atoms. The maximum absolute atomic E-state index is 2.86. The molecule has 1 aliphatic carbocycles. The predicted molar refractivity (Wildman–Crippen MR) is 72.5 cm³/mol. The van der Waals surface area contributed by atoms with Gasteiger partial charge in [-0.15, -0.1) is 12.4 Å². The minimum atomic E-state index is 0. The number of hydrogen-bond acceptors (Lipinski definition) is 1. The van der Waals surface area contributed by atoms with Crippen molar-refractivity contribution in [1.29, 1.82) is 0 Å². The van der Waals surface area contributed by atoms with E-state index in [1.54, 1.807) is 11.1 Å². The van der Waals surface area contributed by atoms with Crippen molar-refractivity contribution in [2.24, 2.45) is 0 Å². The van der Waals surface area contributed by atoms with Gasteiger partial charge in [-0.1, -0.05) is 37.1 Å². The van der Waals surface area contributed by atoms with Gasteiger partial charge >= 0.3 is 0 Å². The summed E-state index contributed by atoms with van der Waals surface area (Å²) < 4.78 is 0. The third kappa shape index (κ3) is 1.56. The molecular weight excluding hydrogens is 230 g/mol.